The van der Waals surface area contributed by atoms with E-state index >= 15 is 0 Å². The largest absolute Gasteiger partial charge is 0.434 e. The standard InChI is InChI=1S/C17H22F3N5S2.HI/c1-2-21-16(22-10-14-24-13(11-27-14)17(18,19)20)23-12-5-7-25(8-6-12)15-4-3-9-26-15;/h3-4,9,11-12H,2,5-8,10H2,1H3,(H2,21,22,23);1H. The van der Waals surface area contributed by atoms with Crippen LogP contribution in [0.1, 0.15) is 30.5 Å². The summed E-state index contributed by atoms with van der Waals surface area (Å²) in [6.07, 6.45) is -2.44. The summed E-state index contributed by atoms with van der Waals surface area (Å²) in [5.41, 5.74) is -0.850. The van der Waals surface area contributed by atoms with Gasteiger partial charge in [0.25, 0.3) is 0 Å². The van der Waals surface area contributed by atoms with E-state index in [4.69, 9.17) is 0 Å². The van der Waals surface area contributed by atoms with Gasteiger partial charge >= 0.3 is 6.18 Å². The zero-order valence-corrected chi connectivity index (χ0v) is 19.3. The zero-order valence-electron chi connectivity index (χ0n) is 15.3. The van der Waals surface area contributed by atoms with Crippen molar-refractivity contribution in [3.63, 3.8) is 0 Å². The molecule has 0 bridgehead atoms. The monoisotopic (exact) mass is 545 g/mol. The van der Waals surface area contributed by atoms with Crippen molar-refractivity contribution in [2.75, 3.05) is 24.5 Å². The molecule has 0 atom stereocenters. The van der Waals surface area contributed by atoms with Crippen molar-refractivity contribution < 1.29 is 13.2 Å². The van der Waals surface area contributed by atoms with Crippen molar-refractivity contribution in [1.82, 2.24) is 15.6 Å². The number of aromatic nitrogens is 1. The van der Waals surface area contributed by atoms with Gasteiger partial charge < -0.3 is 15.5 Å². The Labute approximate surface area is 187 Å². The van der Waals surface area contributed by atoms with Crippen LogP contribution in [0.5, 0.6) is 0 Å². The average Bonchev–Trinajstić information content (AvgIpc) is 3.32. The maximum atomic E-state index is 12.6. The minimum absolute atomic E-state index is 0. The lowest BCUT2D eigenvalue weighted by Crippen LogP contribution is -2.48. The third kappa shape index (κ3) is 6.48. The number of thiazole rings is 1. The van der Waals surface area contributed by atoms with Crippen molar-refractivity contribution in [3.05, 3.63) is 33.6 Å². The molecule has 1 aliphatic heterocycles. The molecule has 5 nitrogen and oxygen atoms in total. The Balaban J connectivity index is 0.00000280. The molecule has 0 saturated carbocycles. The molecule has 1 saturated heterocycles. The first-order valence-electron chi connectivity index (χ1n) is 8.80. The molecule has 1 fully saturated rings. The molecule has 156 valence electrons. The molecule has 0 spiro atoms. The van der Waals surface area contributed by atoms with Crippen LogP contribution in [0.3, 0.4) is 0 Å². The summed E-state index contributed by atoms with van der Waals surface area (Å²) >= 11 is 2.73. The molecular formula is C17H23F3IN5S2. The Morgan fingerprint density at radius 3 is 2.64 bits per heavy atom. The molecule has 2 aromatic rings. The summed E-state index contributed by atoms with van der Waals surface area (Å²) in [4.78, 5) is 10.4. The van der Waals surface area contributed by atoms with Crippen molar-refractivity contribution in [2.45, 2.75) is 38.5 Å². The Bertz CT molecular complexity index is 740. The van der Waals surface area contributed by atoms with Crippen LogP contribution < -0.4 is 15.5 Å². The lowest BCUT2D eigenvalue weighted by Gasteiger charge is -2.33. The van der Waals surface area contributed by atoms with Crippen molar-refractivity contribution in [2.24, 2.45) is 4.99 Å². The summed E-state index contributed by atoms with van der Waals surface area (Å²) in [6.45, 7) is 4.72. The molecule has 0 amide bonds. The second-order valence-corrected chi connectivity index (χ2v) is 8.05. The van der Waals surface area contributed by atoms with Gasteiger partial charge in [0, 0.05) is 31.1 Å². The van der Waals surface area contributed by atoms with E-state index in [2.05, 4.69) is 43.0 Å². The van der Waals surface area contributed by atoms with Crippen molar-refractivity contribution in [3.8, 4) is 0 Å². The Morgan fingerprint density at radius 2 is 2.07 bits per heavy atom. The van der Waals surface area contributed by atoms with Gasteiger partial charge in [-0.05, 0) is 37.3 Å². The van der Waals surface area contributed by atoms with Crippen LogP contribution in [0.25, 0.3) is 0 Å². The van der Waals surface area contributed by atoms with Crippen molar-refractivity contribution >= 4 is 57.6 Å². The Morgan fingerprint density at radius 1 is 1.32 bits per heavy atom. The number of nitrogens with zero attached hydrogens (tertiary/aromatic N) is 3. The maximum Gasteiger partial charge on any atom is 0.434 e. The molecule has 3 rings (SSSR count). The SMILES string of the molecule is CCNC(=NCc1nc(C(F)(F)F)cs1)NC1CCN(c2cccs2)CC1.I. The molecule has 0 radical (unpaired) electrons. The molecule has 1 aliphatic rings. The fraction of sp³-hybridized carbons (Fsp3) is 0.529. The summed E-state index contributed by atoms with van der Waals surface area (Å²) in [7, 11) is 0. The van der Waals surface area contributed by atoms with E-state index in [1.54, 1.807) is 11.3 Å². The van der Waals surface area contributed by atoms with Crippen molar-refractivity contribution in [1.29, 1.82) is 0 Å². The van der Waals surface area contributed by atoms with E-state index in [0.29, 0.717) is 23.6 Å². The number of thiophene rings is 1. The Hall–Kier alpha value is -1.08. The normalized spacial score (nSPS) is 16.0. The number of alkyl halides is 3. The highest BCUT2D eigenvalue weighted by atomic mass is 127. The van der Waals surface area contributed by atoms with Crippen LogP contribution in [0.15, 0.2) is 27.9 Å². The van der Waals surface area contributed by atoms with Crippen LogP contribution in [-0.2, 0) is 12.7 Å². The number of guanidine groups is 1. The fourth-order valence-corrected chi connectivity index (χ4v) is 4.38. The van der Waals surface area contributed by atoms with Gasteiger partial charge in [-0.2, -0.15) is 13.2 Å². The van der Waals surface area contributed by atoms with E-state index in [-0.39, 0.29) is 30.5 Å². The van der Waals surface area contributed by atoms with E-state index < -0.39 is 11.9 Å². The average molecular weight is 545 g/mol. The first-order chi connectivity index (χ1) is 13.0. The van der Waals surface area contributed by atoms with E-state index in [1.165, 1.54) is 5.00 Å². The predicted molar refractivity (Wildman–Crippen MR) is 120 cm³/mol. The van der Waals surface area contributed by atoms with Gasteiger partial charge in [-0.25, -0.2) is 9.98 Å². The summed E-state index contributed by atoms with van der Waals surface area (Å²) in [5.74, 6) is 0.621. The van der Waals surface area contributed by atoms with Crippen LogP contribution in [0.4, 0.5) is 18.2 Å². The molecule has 0 aliphatic carbocycles. The third-order valence-corrected chi connectivity index (χ3v) is 5.98. The van der Waals surface area contributed by atoms with Gasteiger partial charge in [0.1, 0.15) is 5.01 Å². The number of hydrogen-bond donors (Lipinski definition) is 2. The zero-order chi connectivity index (χ0) is 19.3. The maximum absolute atomic E-state index is 12.6. The van der Waals surface area contributed by atoms with Gasteiger partial charge in [0.05, 0.1) is 11.5 Å². The molecule has 0 aromatic carbocycles. The number of hydrogen-bond acceptors (Lipinski definition) is 5. The number of anilines is 1. The molecule has 2 N–H and O–H groups in total. The highest BCUT2D eigenvalue weighted by Crippen LogP contribution is 2.30. The first kappa shape index (κ1) is 23.2. The molecule has 2 aromatic heterocycles. The van der Waals surface area contributed by atoms with Crippen LogP contribution in [-0.4, -0.2) is 36.6 Å². The number of piperidine rings is 1. The number of rotatable bonds is 5. The molecule has 28 heavy (non-hydrogen) atoms. The van der Waals surface area contributed by atoms with Gasteiger partial charge in [-0.15, -0.1) is 46.7 Å². The minimum atomic E-state index is -4.41. The summed E-state index contributed by atoms with van der Waals surface area (Å²) < 4.78 is 37.9. The quantitative estimate of drug-likeness (QED) is 0.329. The van der Waals surface area contributed by atoms with Gasteiger partial charge in [0.2, 0.25) is 0 Å². The highest BCUT2D eigenvalue weighted by Gasteiger charge is 2.33. The smallest absolute Gasteiger partial charge is 0.363 e. The lowest BCUT2D eigenvalue weighted by molar-refractivity contribution is -0.140. The van der Waals surface area contributed by atoms with Crippen LogP contribution in [0, 0.1) is 0 Å². The molecule has 11 heteroatoms. The summed E-state index contributed by atoms with van der Waals surface area (Å²) in [6, 6.07) is 4.48. The highest BCUT2D eigenvalue weighted by molar-refractivity contribution is 14.0. The second kappa shape index (κ2) is 10.6. The van der Waals surface area contributed by atoms with Gasteiger partial charge in [-0.1, -0.05) is 0 Å². The lowest BCUT2D eigenvalue weighted by atomic mass is 10.1. The fourth-order valence-electron chi connectivity index (χ4n) is 2.87. The van der Waals surface area contributed by atoms with E-state index in [9.17, 15) is 13.2 Å². The van der Waals surface area contributed by atoms with E-state index in [1.807, 2.05) is 6.92 Å². The number of halogens is 4. The number of aliphatic imine (C=N–C) groups is 1. The topological polar surface area (TPSA) is 52.6 Å². The van der Waals surface area contributed by atoms with Gasteiger partial charge in [-0.3, -0.25) is 0 Å². The third-order valence-electron chi connectivity index (χ3n) is 4.21. The Kier molecular flexibility index (Phi) is 8.81. The van der Waals surface area contributed by atoms with Crippen LogP contribution in [0.2, 0.25) is 0 Å². The van der Waals surface area contributed by atoms with Crippen LogP contribution >= 0.6 is 46.7 Å². The van der Waals surface area contributed by atoms with Gasteiger partial charge in [0.15, 0.2) is 11.7 Å². The first-order valence-corrected chi connectivity index (χ1v) is 10.6. The molecular weight excluding hydrogens is 522 g/mol. The predicted octanol–water partition coefficient (Wildman–Crippen LogP) is 4.57. The minimum Gasteiger partial charge on any atom is -0.363 e. The second-order valence-electron chi connectivity index (χ2n) is 6.18. The van der Waals surface area contributed by atoms with E-state index in [0.717, 1.165) is 42.6 Å². The number of nitrogens with one attached hydrogen (secondary N) is 2. The molecule has 3 heterocycles. The molecule has 0 unspecified atom stereocenters. The summed E-state index contributed by atoms with van der Waals surface area (Å²) in [5, 5.41) is 11.3.